The van der Waals surface area contributed by atoms with Gasteiger partial charge in [-0.25, -0.2) is 19.2 Å². The van der Waals surface area contributed by atoms with Crippen LogP contribution in [0.4, 0.5) is 0 Å². The molecule has 0 bridgehead atoms. The van der Waals surface area contributed by atoms with Crippen LogP contribution in [0.5, 0.6) is 0 Å². The van der Waals surface area contributed by atoms with Crippen LogP contribution in [0.3, 0.4) is 0 Å². The van der Waals surface area contributed by atoms with Gasteiger partial charge in [-0.3, -0.25) is 0 Å². The van der Waals surface area contributed by atoms with E-state index in [0.29, 0.717) is 0 Å². The van der Waals surface area contributed by atoms with Crippen LogP contribution in [0.15, 0.2) is 0 Å². The molecule has 13 heavy (non-hydrogen) atoms. The molecule has 0 radical (unpaired) electrons. The molecule has 0 amide bonds. The van der Waals surface area contributed by atoms with Crippen LogP contribution in [0.25, 0.3) is 0 Å². The van der Waals surface area contributed by atoms with E-state index in [1.165, 1.54) is 0 Å². The molecule has 0 rings (SSSR count). The van der Waals surface area contributed by atoms with Gasteiger partial charge in [0.1, 0.15) is 0 Å². The second kappa shape index (κ2) is 8.50. The van der Waals surface area contributed by atoms with Gasteiger partial charge in [0.25, 0.3) is 0 Å². The molecular formula is C4H4FeO8. The van der Waals surface area contributed by atoms with E-state index in [-0.39, 0.29) is 17.1 Å². The molecule has 0 aliphatic rings. The van der Waals surface area contributed by atoms with Crippen molar-refractivity contribution in [3.63, 3.8) is 0 Å². The molecular weight excluding hydrogens is 232 g/mol. The summed E-state index contributed by atoms with van der Waals surface area (Å²) in [4.78, 5) is 36.4. The second-order valence-corrected chi connectivity index (χ2v) is 1.22. The van der Waals surface area contributed by atoms with Gasteiger partial charge in [-0.2, -0.15) is 0 Å². The topological polar surface area (TPSA) is 149 Å². The monoisotopic (exact) mass is 236 g/mol. The number of hydrogen-bond donors (Lipinski definition) is 4. The van der Waals surface area contributed by atoms with Gasteiger partial charge < -0.3 is 20.4 Å². The third kappa shape index (κ3) is 17.9. The molecule has 0 atom stereocenters. The Morgan fingerprint density at radius 2 is 0.615 bits per heavy atom. The number of hydrogen-bond acceptors (Lipinski definition) is 4. The van der Waals surface area contributed by atoms with Crippen molar-refractivity contribution in [3.05, 3.63) is 0 Å². The van der Waals surface area contributed by atoms with Crippen molar-refractivity contribution in [2.75, 3.05) is 0 Å². The van der Waals surface area contributed by atoms with Gasteiger partial charge in [-0.05, 0) is 0 Å². The third-order valence-electron chi connectivity index (χ3n) is 0.366. The average molecular weight is 236 g/mol. The Morgan fingerprint density at radius 1 is 0.538 bits per heavy atom. The van der Waals surface area contributed by atoms with Crippen LogP contribution in [0.1, 0.15) is 0 Å². The van der Waals surface area contributed by atoms with E-state index < -0.39 is 23.9 Å². The number of aliphatic carboxylic acids is 4. The first-order valence-electron chi connectivity index (χ1n) is 2.21. The maximum atomic E-state index is 9.10. The fourth-order valence-corrected chi connectivity index (χ4v) is 0. The van der Waals surface area contributed by atoms with Gasteiger partial charge >= 0.3 is 23.9 Å². The van der Waals surface area contributed by atoms with Gasteiger partial charge in [-0.15, -0.1) is 0 Å². The Hall–Kier alpha value is -1.60. The molecule has 0 saturated carbocycles. The minimum Gasteiger partial charge on any atom is -0.473 e. The fraction of sp³-hybridized carbons (Fsp3) is 0. The summed E-state index contributed by atoms with van der Waals surface area (Å²) in [5, 5.41) is 29.6. The fourth-order valence-electron chi connectivity index (χ4n) is 0. The molecule has 9 heteroatoms. The quantitative estimate of drug-likeness (QED) is 0.287. The van der Waals surface area contributed by atoms with E-state index in [4.69, 9.17) is 39.6 Å². The minimum absolute atomic E-state index is 0. The van der Waals surface area contributed by atoms with Crippen molar-refractivity contribution < 1.29 is 56.7 Å². The first-order valence-corrected chi connectivity index (χ1v) is 2.21. The van der Waals surface area contributed by atoms with E-state index >= 15 is 0 Å². The van der Waals surface area contributed by atoms with E-state index in [0.717, 1.165) is 0 Å². The standard InChI is InChI=1S/2C2H2O4.Fe/c2*3-1(4)2(5)6;/h2*(H,3,4)(H,5,6);. The minimum atomic E-state index is -1.82. The molecule has 0 aliphatic heterocycles. The summed E-state index contributed by atoms with van der Waals surface area (Å²) in [6, 6.07) is 0. The van der Waals surface area contributed by atoms with Crippen LogP contribution >= 0.6 is 0 Å². The summed E-state index contributed by atoms with van der Waals surface area (Å²) < 4.78 is 0. The van der Waals surface area contributed by atoms with Gasteiger partial charge in [0.2, 0.25) is 0 Å². The van der Waals surface area contributed by atoms with Crippen molar-refractivity contribution in [1.82, 2.24) is 0 Å². The Morgan fingerprint density at radius 3 is 0.615 bits per heavy atom. The van der Waals surface area contributed by atoms with Crippen LogP contribution in [-0.4, -0.2) is 44.3 Å². The van der Waals surface area contributed by atoms with Crippen LogP contribution < -0.4 is 0 Å². The molecule has 0 aromatic carbocycles. The molecule has 0 aliphatic carbocycles. The van der Waals surface area contributed by atoms with Gasteiger partial charge in [0, 0.05) is 17.1 Å². The Kier molecular flexibility index (Phi) is 11.4. The number of rotatable bonds is 0. The van der Waals surface area contributed by atoms with Gasteiger partial charge in [0.05, 0.1) is 0 Å². The summed E-state index contributed by atoms with van der Waals surface area (Å²) in [7, 11) is 0. The molecule has 0 fully saturated rings. The molecule has 0 unspecified atom stereocenters. The van der Waals surface area contributed by atoms with Gasteiger partial charge in [0.15, 0.2) is 0 Å². The molecule has 4 N–H and O–H groups in total. The number of carbonyl (C=O) groups is 4. The third-order valence-corrected chi connectivity index (χ3v) is 0.366. The predicted molar refractivity (Wildman–Crippen MR) is 30.5 cm³/mol. The van der Waals surface area contributed by atoms with Crippen molar-refractivity contribution in [1.29, 1.82) is 0 Å². The Balaban J connectivity index is -0.000000143. The SMILES string of the molecule is O=C(O)C(=O)O.O=C(O)C(=O)O.[Fe]. The van der Waals surface area contributed by atoms with Gasteiger partial charge in [-0.1, -0.05) is 0 Å². The molecule has 0 saturated heterocycles. The maximum absolute atomic E-state index is 9.10. The zero-order chi connectivity index (χ0) is 10.3. The molecule has 0 aromatic heterocycles. The Bertz CT molecular complexity index is 172. The van der Waals surface area contributed by atoms with Crippen LogP contribution in [0, 0.1) is 0 Å². The maximum Gasteiger partial charge on any atom is 0.414 e. The van der Waals surface area contributed by atoms with E-state index in [9.17, 15) is 0 Å². The van der Waals surface area contributed by atoms with E-state index in [2.05, 4.69) is 0 Å². The summed E-state index contributed by atoms with van der Waals surface area (Å²) >= 11 is 0. The van der Waals surface area contributed by atoms with Crippen molar-refractivity contribution >= 4 is 23.9 Å². The van der Waals surface area contributed by atoms with Crippen molar-refractivity contribution in [2.45, 2.75) is 0 Å². The Labute approximate surface area is 81.3 Å². The van der Waals surface area contributed by atoms with Crippen molar-refractivity contribution in [2.24, 2.45) is 0 Å². The van der Waals surface area contributed by atoms with E-state index in [1.807, 2.05) is 0 Å². The second-order valence-electron chi connectivity index (χ2n) is 1.22. The number of carboxylic acid groups (broad SMARTS) is 4. The van der Waals surface area contributed by atoms with E-state index in [1.54, 1.807) is 0 Å². The first-order chi connectivity index (χ1) is 5.29. The first kappa shape index (κ1) is 17.5. The predicted octanol–water partition coefficient (Wildman–Crippen LogP) is -1.69. The molecule has 0 heterocycles. The van der Waals surface area contributed by atoms with Crippen LogP contribution in [0.2, 0.25) is 0 Å². The number of carboxylic acids is 4. The zero-order valence-electron chi connectivity index (χ0n) is 5.78. The summed E-state index contributed by atoms with van der Waals surface area (Å²) in [5.74, 6) is -7.30. The largest absolute Gasteiger partial charge is 0.473 e. The molecule has 8 nitrogen and oxygen atoms in total. The van der Waals surface area contributed by atoms with Crippen molar-refractivity contribution in [3.8, 4) is 0 Å². The summed E-state index contributed by atoms with van der Waals surface area (Å²) in [6.45, 7) is 0. The molecule has 0 aromatic rings. The molecule has 0 spiro atoms. The smallest absolute Gasteiger partial charge is 0.414 e. The summed E-state index contributed by atoms with van der Waals surface area (Å²) in [5.41, 5.74) is 0. The normalized spacial score (nSPS) is 6.77. The zero-order valence-corrected chi connectivity index (χ0v) is 6.88. The van der Waals surface area contributed by atoms with Crippen LogP contribution in [-0.2, 0) is 36.2 Å². The average Bonchev–Trinajstić information content (AvgIpc) is 1.88. The summed E-state index contributed by atoms with van der Waals surface area (Å²) in [6.07, 6.45) is 0. The molecule has 76 valence electrons.